The minimum atomic E-state index is -0.220. The maximum atomic E-state index is 11.9. The SMILES string of the molecule is O=C(COc1ncnc2ccccc12)NCc1ccc(Cl)cc1. The van der Waals surface area contributed by atoms with Gasteiger partial charge in [-0.3, -0.25) is 4.79 Å². The molecule has 6 heteroatoms. The monoisotopic (exact) mass is 327 g/mol. The standard InChI is InChI=1S/C17H14ClN3O2/c18-13-7-5-12(6-8-13)9-19-16(22)10-23-17-14-3-1-2-4-15(14)20-11-21-17/h1-8,11H,9-10H2,(H,19,22). The minimum absolute atomic E-state index is 0.103. The van der Waals surface area contributed by atoms with Gasteiger partial charge in [0.05, 0.1) is 10.9 Å². The van der Waals surface area contributed by atoms with E-state index in [1.165, 1.54) is 6.33 Å². The number of para-hydroxylation sites is 1. The summed E-state index contributed by atoms with van der Waals surface area (Å²) in [5.41, 5.74) is 1.74. The number of fused-ring (bicyclic) bond motifs is 1. The predicted molar refractivity (Wildman–Crippen MR) is 88.3 cm³/mol. The Morgan fingerprint density at radius 3 is 2.70 bits per heavy atom. The highest BCUT2D eigenvalue weighted by atomic mass is 35.5. The molecule has 0 aliphatic heterocycles. The molecule has 0 spiro atoms. The molecule has 0 atom stereocenters. The lowest BCUT2D eigenvalue weighted by molar-refractivity contribution is -0.123. The Hall–Kier alpha value is -2.66. The smallest absolute Gasteiger partial charge is 0.258 e. The fraction of sp³-hybridized carbons (Fsp3) is 0.118. The topological polar surface area (TPSA) is 64.1 Å². The Bertz CT molecular complexity index is 816. The summed E-state index contributed by atoms with van der Waals surface area (Å²) in [6.45, 7) is 0.318. The molecule has 1 N–H and O–H groups in total. The second-order valence-electron chi connectivity index (χ2n) is 4.89. The largest absolute Gasteiger partial charge is 0.467 e. The van der Waals surface area contributed by atoms with Gasteiger partial charge in [0, 0.05) is 11.6 Å². The lowest BCUT2D eigenvalue weighted by Crippen LogP contribution is -2.28. The predicted octanol–water partition coefficient (Wildman–Crippen LogP) is 2.98. The highest BCUT2D eigenvalue weighted by Crippen LogP contribution is 2.20. The Morgan fingerprint density at radius 1 is 1.09 bits per heavy atom. The molecular weight excluding hydrogens is 314 g/mol. The first-order valence-corrected chi connectivity index (χ1v) is 7.44. The number of nitrogens with one attached hydrogen (secondary N) is 1. The van der Waals surface area contributed by atoms with E-state index < -0.39 is 0 Å². The average molecular weight is 328 g/mol. The van der Waals surface area contributed by atoms with Gasteiger partial charge in [0.15, 0.2) is 6.61 Å². The number of rotatable bonds is 5. The van der Waals surface area contributed by atoms with Crippen molar-refractivity contribution >= 4 is 28.4 Å². The van der Waals surface area contributed by atoms with Crippen LogP contribution >= 0.6 is 11.6 Å². The van der Waals surface area contributed by atoms with Crippen LogP contribution in [0.25, 0.3) is 10.9 Å². The molecule has 0 fully saturated rings. The van der Waals surface area contributed by atoms with Gasteiger partial charge in [-0.15, -0.1) is 0 Å². The summed E-state index contributed by atoms with van der Waals surface area (Å²) in [6.07, 6.45) is 1.42. The van der Waals surface area contributed by atoms with Crippen molar-refractivity contribution in [2.75, 3.05) is 6.61 Å². The fourth-order valence-corrected chi connectivity index (χ4v) is 2.21. The molecule has 1 amide bonds. The van der Waals surface area contributed by atoms with Gasteiger partial charge in [0.2, 0.25) is 5.88 Å². The first kappa shape index (κ1) is 15.2. The van der Waals surface area contributed by atoms with Crippen LogP contribution in [0.4, 0.5) is 0 Å². The van der Waals surface area contributed by atoms with Crippen molar-refractivity contribution < 1.29 is 9.53 Å². The van der Waals surface area contributed by atoms with Crippen LogP contribution in [0.15, 0.2) is 54.9 Å². The number of ether oxygens (including phenoxy) is 1. The number of nitrogens with zero attached hydrogens (tertiary/aromatic N) is 2. The van der Waals surface area contributed by atoms with Crippen LogP contribution < -0.4 is 10.1 Å². The van der Waals surface area contributed by atoms with Gasteiger partial charge in [0.1, 0.15) is 6.33 Å². The van der Waals surface area contributed by atoms with Crippen molar-refractivity contribution in [3.05, 3.63) is 65.4 Å². The number of carbonyl (C=O) groups excluding carboxylic acids is 1. The molecule has 0 bridgehead atoms. The third-order valence-corrected chi connectivity index (χ3v) is 3.50. The summed E-state index contributed by atoms with van der Waals surface area (Å²) in [4.78, 5) is 20.1. The second-order valence-corrected chi connectivity index (χ2v) is 5.32. The molecule has 5 nitrogen and oxygen atoms in total. The summed E-state index contributed by atoms with van der Waals surface area (Å²) in [6, 6.07) is 14.8. The number of carbonyl (C=O) groups is 1. The summed E-state index contributed by atoms with van der Waals surface area (Å²) < 4.78 is 5.50. The average Bonchev–Trinajstić information content (AvgIpc) is 2.59. The molecule has 3 rings (SSSR count). The van der Waals surface area contributed by atoms with Crippen molar-refractivity contribution in [1.29, 1.82) is 0 Å². The van der Waals surface area contributed by atoms with E-state index in [-0.39, 0.29) is 12.5 Å². The van der Waals surface area contributed by atoms with Gasteiger partial charge in [0.25, 0.3) is 5.91 Å². The molecule has 0 saturated heterocycles. The van der Waals surface area contributed by atoms with Crippen molar-refractivity contribution in [2.45, 2.75) is 6.54 Å². The van der Waals surface area contributed by atoms with E-state index in [0.717, 1.165) is 16.5 Å². The Labute approximate surface area is 138 Å². The molecule has 0 aliphatic rings. The van der Waals surface area contributed by atoms with Crippen LogP contribution in [0.5, 0.6) is 5.88 Å². The summed E-state index contributed by atoms with van der Waals surface area (Å²) in [5, 5.41) is 4.23. The van der Waals surface area contributed by atoms with Crippen LogP contribution in [0.2, 0.25) is 5.02 Å². The lowest BCUT2D eigenvalue weighted by atomic mass is 10.2. The maximum Gasteiger partial charge on any atom is 0.258 e. The van der Waals surface area contributed by atoms with E-state index in [9.17, 15) is 4.79 Å². The zero-order valence-corrected chi connectivity index (χ0v) is 13.0. The molecule has 3 aromatic rings. The zero-order valence-electron chi connectivity index (χ0n) is 12.2. The van der Waals surface area contributed by atoms with Crippen LogP contribution in [0, 0.1) is 0 Å². The highest BCUT2D eigenvalue weighted by molar-refractivity contribution is 6.30. The minimum Gasteiger partial charge on any atom is -0.467 e. The van der Waals surface area contributed by atoms with Crippen LogP contribution in [0.1, 0.15) is 5.56 Å². The number of hydrogen-bond donors (Lipinski definition) is 1. The summed E-state index contributed by atoms with van der Waals surface area (Å²) in [7, 11) is 0. The van der Waals surface area contributed by atoms with E-state index in [4.69, 9.17) is 16.3 Å². The van der Waals surface area contributed by atoms with E-state index in [2.05, 4.69) is 15.3 Å². The van der Waals surface area contributed by atoms with E-state index in [1.54, 1.807) is 12.1 Å². The van der Waals surface area contributed by atoms with Gasteiger partial charge in [-0.05, 0) is 29.8 Å². The second kappa shape index (κ2) is 7.07. The van der Waals surface area contributed by atoms with Crippen molar-refractivity contribution in [2.24, 2.45) is 0 Å². The molecule has 0 saturated carbocycles. The number of halogens is 1. The molecular formula is C17H14ClN3O2. The number of aromatic nitrogens is 2. The lowest BCUT2D eigenvalue weighted by Gasteiger charge is -2.08. The first-order chi connectivity index (χ1) is 11.2. The van der Waals surface area contributed by atoms with Gasteiger partial charge >= 0.3 is 0 Å². The third kappa shape index (κ3) is 3.96. The fourth-order valence-electron chi connectivity index (χ4n) is 2.08. The number of hydrogen-bond acceptors (Lipinski definition) is 4. The Kier molecular flexibility index (Phi) is 4.68. The molecule has 23 heavy (non-hydrogen) atoms. The quantitative estimate of drug-likeness (QED) is 0.782. The molecule has 0 radical (unpaired) electrons. The third-order valence-electron chi connectivity index (χ3n) is 3.25. The van der Waals surface area contributed by atoms with Crippen LogP contribution in [-0.2, 0) is 11.3 Å². The molecule has 1 aromatic heterocycles. The zero-order chi connectivity index (χ0) is 16.1. The Balaban J connectivity index is 1.57. The van der Waals surface area contributed by atoms with E-state index >= 15 is 0 Å². The summed E-state index contributed by atoms with van der Waals surface area (Å²) in [5.74, 6) is 0.180. The normalized spacial score (nSPS) is 10.5. The molecule has 0 unspecified atom stereocenters. The highest BCUT2D eigenvalue weighted by Gasteiger charge is 2.07. The Morgan fingerprint density at radius 2 is 1.87 bits per heavy atom. The van der Waals surface area contributed by atoms with Crippen molar-refractivity contribution in [1.82, 2.24) is 15.3 Å². The van der Waals surface area contributed by atoms with E-state index in [0.29, 0.717) is 17.4 Å². The number of amides is 1. The molecule has 116 valence electrons. The first-order valence-electron chi connectivity index (χ1n) is 7.06. The van der Waals surface area contributed by atoms with Gasteiger partial charge < -0.3 is 10.1 Å². The van der Waals surface area contributed by atoms with Crippen LogP contribution in [0.3, 0.4) is 0 Å². The van der Waals surface area contributed by atoms with Crippen molar-refractivity contribution in [3.8, 4) is 5.88 Å². The van der Waals surface area contributed by atoms with Gasteiger partial charge in [-0.2, -0.15) is 0 Å². The van der Waals surface area contributed by atoms with Gasteiger partial charge in [-0.25, -0.2) is 9.97 Å². The molecule has 2 aromatic carbocycles. The van der Waals surface area contributed by atoms with E-state index in [1.807, 2.05) is 36.4 Å². The number of benzene rings is 2. The molecule has 1 heterocycles. The summed E-state index contributed by atoms with van der Waals surface area (Å²) >= 11 is 5.82. The maximum absolute atomic E-state index is 11.9. The van der Waals surface area contributed by atoms with Crippen LogP contribution in [-0.4, -0.2) is 22.5 Å². The molecule has 0 aliphatic carbocycles. The van der Waals surface area contributed by atoms with Gasteiger partial charge in [-0.1, -0.05) is 35.9 Å². The van der Waals surface area contributed by atoms with Crippen molar-refractivity contribution in [3.63, 3.8) is 0 Å².